The van der Waals surface area contributed by atoms with E-state index in [4.69, 9.17) is 31.4 Å². The lowest BCUT2D eigenvalue weighted by Crippen LogP contribution is -2.42. The van der Waals surface area contributed by atoms with Crippen LogP contribution in [0.15, 0.2) is 24.3 Å². The summed E-state index contributed by atoms with van der Waals surface area (Å²) in [5, 5.41) is 23.4. The van der Waals surface area contributed by atoms with Gasteiger partial charge in [-0.1, -0.05) is 13.8 Å². The largest absolute Gasteiger partial charge is 0.543 e. The Morgan fingerprint density at radius 3 is 1.93 bits per heavy atom. The van der Waals surface area contributed by atoms with E-state index in [9.17, 15) is 9.59 Å². The zero-order valence-electron chi connectivity index (χ0n) is 15.1. The number of nitrogens with one attached hydrogen (secondary N) is 2. The summed E-state index contributed by atoms with van der Waals surface area (Å²) in [4.78, 5) is 43.2. The number of carbonyl (C=O) groups is 4. The molecule has 2 N–H and O–H groups in total. The highest BCUT2D eigenvalue weighted by Crippen LogP contribution is 2.09. The third kappa shape index (κ3) is 10.8. The minimum atomic E-state index is -2.19. The highest BCUT2D eigenvalue weighted by Gasteiger charge is 2.06. The van der Waals surface area contributed by atoms with E-state index in [1.165, 1.54) is 0 Å². The van der Waals surface area contributed by atoms with Gasteiger partial charge >= 0.3 is 0 Å². The Bertz CT molecular complexity index is 620. The van der Waals surface area contributed by atoms with Gasteiger partial charge in [-0.05, 0) is 37.4 Å². The van der Waals surface area contributed by atoms with Gasteiger partial charge < -0.3 is 35.3 Å². The topological polar surface area (TPSA) is 142 Å². The molecule has 0 heterocycles. The Morgan fingerprint density at radius 1 is 1.00 bits per heavy atom. The SMILES string of the molecule is CCN(CC)CCNC(=O)c1ccc(NC(=O)CCl)cc1.O=C([O-])C(=O)[O-]. The molecule has 0 radical (unpaired) electrons. The van der Waals surface area contributed by atoms with Crippen molar-refractivity contribution in [3.8, 4) is 0 Å². The number of carbonyl (C=O) groups excluding carboxylic acids is 4. The van der Waals surface area contributed by atoms with Gasteiger partial charge in [0.15, 0.2) is 0 Å². The smallest absolute Gasteiger partial charge is 0.251 e. The fourth-order valence-corrected chi connectivity index (χ4v) is 1.94. The third-order valence-corrected chi connectivity index (χ3v) is 3.57. The summed E-state index contributed by atoms with van der Waals surface area (Å²) < 4.78 is 0. The van der Waals surface area contributed by atoms with Crippen molar-refractivity contribution in [3.05, 3.63) is 29.8 Å². The van der Waals surface area contributed by atoms with E-state index in [-0.39, 0.29) is 17.7 Å². The first kappa shape index (κ1) is 24.4. The molecule has 150 valence electrons. The summed E-state index contributed by atoms with van der Waals surface area (Å²) in [6, 6.07) is 6.72. The average Bonchev–Trinajstić information content (AvgIpc) is 2.66. The minimum absolute atomic E-state index is 0.0897. The van der Waals surface area contributed by atoms with E-state index in [0.717, 1.165) is 19.6 Å². The summed E-state index contributed by atoms with van der Waals surface area (Å²) >= 11 is 5.41. The second-order valence-corrected chi connectivity index (χ2v) is 5.38. The van der Waals surface area contributed by atoms with E-state index in [0.29, 0.717) is 17.8 Å². The number of hydrogen-bond acceptors (Lipinski definition) is 7. The van der Waals surface area contributed by atoms with Crippen LogP contribution in [0.25, 0.3) is 0 Å². The van der Waals surface area contributed by atoms with Crippen molar-refractivity contribution < 1.29 is 29.4 Å². The highest BCUT2D eigenvalue weighted by molar-refractivity contribution is 6.29. The molecule has 27 heavy (non-hydrogen) atoms. The van der Waals surface area contributed by atoms with Crippen LogP contribution in [0.4, 0.5) is 5.69 Å². The Kier molecular flexibility index (Phi) is 12.2. The van der Waals surface area contributed by atoms with Gasteiger partial charge in [0.1, 0.15) is 5.88 Å². The van der Waals surface area contributed by atoms with Crippen LogP contribution in [-0.2, 0) is 14.4 Å². The quantitative estimate of drug-likeness (QED) is 0.397. The molecule has 1 aromatic carbocycles. The Balaban J connectivity index is 0.000000972. The van der Waals surface area contributed by atoms with Crippen LogP contribution in [0, 0.1) is 0 Å². The molecule has 0 unspecified atom stereocenters. The second kappa shape index (κ2) is 13.5. The summed E-state index contributed by atoms with van der Waals surface area (Å²) in [6.45, 7) is 7.59. The van der Waals surface area contributed by atoms with Crippen molar-refractivity contribution in [2.45, 2.75) is 13.8 Å². The number of hydrogen-bond donors (Lipinski definition) is 2. The third-order valence-electron chi connectivity index (χ3n) is 3.33. The van der Waals surface area contributed by atoms with Crippen molar-refractivity contribution in [1.82, 2.24) is 10.2 Å². The maximum atomic E-state index is 12.0. The first-order valence-electron chi connectivity index (χ1n) is 8.13. The maximum absolute atomic E-state index is 12.0. The van der Waals surface area contributed by atoms with E-state index in [1.807, 2.05) is 0 Å². The van der Waals surface area contributed by atoms with Crippen molar-refractivity contribution in [2.75, 3.05) is 37.4 Å². The highest BCUT2D eigenvalue weighted by atomic mass is 35.5. The van der Waals surface area contributed by atoms with E-state index < -0.39 is 11.9 Å². The molecule has 0 saturated carbocycles. The van der Waals surface area contributed by atoms with Crippen molar-refractivity contribution >= 4 is 41.0 Å². The predicted molar refractivity (Wildman–Crippen MR) is 95.9 cm³/mol. The lowest BCUT2D eigenvalue weighted by Gasteiger charge is -2.17. The van der Waals surface area contributed by atoms with E-state index >= 15 is 0 Å². The molecule has 0 spiro atoms. The maximum Gasteiger partial charge on any atom is 0.251 e. The molecule has 10 heteroatoms. The van der Waals surface area contributed by atoms with Gasteiger partial charge in [0, 0.05) is 24.3 Å². The predicted octanol–water partition coefficient (Wildman–Crippen LogP) is -1.58. The molecule has 1 aromatic rings. The van der Waals surface area contributed by atoms with Gasteiger partial charge in [0.25, 0.3) is 5.91 Å². The number of likely N-dealkylation sites (N-methyl/N-ethyl adjacent to an activating group) is 1. The monoisotopic (exact) mass is 399 g/mol. The average molecular weight is 400 g/mol. The van der Waals surface area contributed by atoms with Crippen molar-refractivity contribution in [2.24, 2.45) is 0 Å². The van der Waals surface area contributed by atoms with Gasteiger partial charge in [-0.15, -0.1) is 11.6 Å². The van der Waals surface area contributed by atoms with Crippen LogP contribution >= 0.6 is 11.6 Å². The Hall–Kier alpha value is -2.65. The molecular weight excluding hydrogens is 378 g/mol. The number of carboxylic acid groups (broad SMARTS) is 2. The van der Waals surface area contributed by atoms with Crippen LogP contribution in [0.5, 0.6) is 0 Å². The molecule has 1 rings (SSSR count). The molecule has 0 fully saturated rings. The number of amides is 2. The minimum Gasteiger partial charge on any atom is -0.543 e. The van der Waals surface area contributed by atoms with Gasteiger partial charge in [0.2, 0.25) is 5.91 Å². The number of aliphatic carboxylic acids is 2. The van der Waals surface area contributed by atoms with Crippen LogP contribution in [0.3, 0.4) is 0 Å². The molecule has 0 aliphatic carbocycles. The molecular formula is C17H22ClN3O6-2. The van der Waals surface area contributed by atoms with Gasteiger partial charge in [-0.25, -0.2) is 0 Å². The number of nitrogens with zero attached hydrogens (tertiary/aromatic N) is 1. The summed E-state index contributed by atoms with van der Waals surface area (Å²) in [5.41, 5.74) is 1.19. The molecule has 0 aliphatic rings. The number of benzene rings is 1. The van der Waals surface area contributed by atoms with Gasteiger partial charge in [0.05, 0.1) is 11.9 Å². The normalized spacial score (nSPS) is 9.78. The molecule has 0 aromatic heterocycles. The lowest BCUT2D eigenvalue weighted by atomic mass is 10.2. The van der Waals surface area contributed by atoms with Gasteiger partial charge in [-0.2, -0.15) is 0 Å². The van der Waals surface area contributed by atoms with Crippen molar-refractivity contribution in [1.29, 1.82) is 0 Å². The second-order valence-electron chi connectivity index (χ2n) is 5.12. The number of halogens is 1. The molecule has 9 nitrogen and oxygen atoms in total. The molecule has 0 saturated heterocycles. The molecule has 0 atom stereocenters. The number of carboxylic acids is 2. The number of rotatable bonds is 8. The number of anilines is 1. The summed E-state index contributed by atoms with van der Waals surface area (Å²) in [7, 11) is 0. The first-order valence-corrected chi connectivity index (χ1v) is 8.67. The Labute approximate surface area is 162 Å². The zero-order valence-corrected chi connectivity index (χ0v) is 15.9. The summed E-state index contributed by atoms with van der Waals surface area (Å²) in [6.07, 6.45) is 0. The van der Waals surface area contributed by atoms with Crippen LogP contribution < -0.4 is 20.8 Å². The molecule has 2 amide bonds. The van der Waals surface area contributed by atoms with Crippen molar-refractivity contribution in [3.63, 3.8) is 0 Å². The fourth-order valence-electron chi connectivity index (χ4n) is 1.87. The number of alkyl halides is 1. The van der Waals surface area contributed by atoms with E-state index in [1.54, 1.807) is 24.3 Å². The van der Waals surface area contributed by atoms with E-state index in [2.05, 4.69) is 29.4 Å². The molecule has 0 bridgehead atoms. The lowest BCUT2D eigenvalue weighted by molar-refractivity contribution is -0.345. The standard InChI is InChI=1S/C15H22ClN3O2.C2H2O4/c1-3-19(4-2)10-9-17-15(21)12-5-7-13(8-6-12)18-14(20)11-16;3-1(4)2(5)6/h5-8H,3-4,9-11H2,1-2H3,(H,17,21)(H,18,20);(H,3,4)(H,5,6)/p-2. The summed E-state index contributed by atoms with van der Waals surface area (Å²) in [5.74, 6) is -4.84. The van der Waals surface area contributed by atoms with Crippen LogP contribution in [-0.4, -0.2) is 60.7 Å². The van der Waals surface area contributed by atoms with Gasteiger partial charge in [-0.3, -0.25) is 9.59 Å². The Morgan fingerprint density at radius 2 is 1.52 bits per heavy atom. The fraction of sp³-hybridized carbons (Fsp3) is 0.412. The molecule has 0 aliphatic heterocycles. The zero-order chi connectivity index (χ0) is 20.8. The first-order chi connectivity index (χ1) is 12.7. The van der Waals surface area contributed by atoms with Crippen LogP contribution in [0.2, 0.25) is 0 Å². The van der Waals surface area contributed by atoms with Crippen LogP contribution in [0.1, 0.15) is 24.2 Å².